The van der Waals surface area contributed by atoms with Crippen molar-refractivity contribution < 1.29 is 9.62 Å². The maximum atomic E-state index is 8.10. The number of hydrogen-bond acceptors (Lipinski definition) is 3. The summed E-state index contributed by atoms with van der Waals surface area (Å²) in [6.45, 7) is 0. The molecule has 1 rings (SSSR count). The first-order chi connectivity index (χ1) is 4.88. The molecule has 4 heteroatoms. The zero-order valence-electron chi connectivity index (χ0n) is 5.52. The SMILES string of the molecule is C#Cc1ccoc1C=NO.Cl. The van der Waals surface area contributed by atoms with Gasteiger partial charge in [0.25, 0.3) is 0 Å². The summed E-state index contributed by atoms with van der Waals surface area (Å²) in [5.74, 6) is 2.76. The molecule has 0 aliphatic carbocycles. The van der Waals surface area contributed by atoms with Gasteiger partial charge in [-0.1, -0.05) is 11.1 Å². The Kier molecular flexibility index (Phi) is 3.86. The quantitative estimate of drug-likeness (QED) is 0.301. The van der Waals surface area contributed by atoms with Crippen molar-refractivity contribution in [3.8, 4) is 12.3 Å². The van der Waals surface area contributed by atoms with E-state index in [-0.39, 0.29) is 12.4 Å². The molecular formula is C7H6ClNO2. The van der Waals surface area contributed by atoms with Crippen LogP contribution in [0.2, 0.25) is 0 Å². The number of nitrogens with zero attached hydrogens (tertiary/aromatic N) is 1. The van der Waals surface area contributed by atoms with Crippen molar-refractivity contribution in [2.24, 2.45) is 5.16 Å². The standard InChI is InChI=1S/C7H5NO2.ClH/c1-2-6-3-4-10-7(6)5-8-9;/h1,3-5,9H;1H. The largest absolute Gasteiger partial charge is 0.462 e. The van der Waals surface area contributed by atoms with E-state index in [0.29, 0.717) is 11.3 Å². The van der Waals surface area contributed by atoms with Gasteiger partial charge in [0, 0.05) is 0 Å². The van der Waals surface area contributed by atoms with E-state index in [0.717, 1.165) is 6.21 Å². The van der Waals surface area contributed by atoms with Crippen LogP contribution in [0.3, 0.4) is 0 Å². The molecule has 0 spiro atoms. The second-order valence-electron chi connectivity index (χ2n) is 1.59. The Morgan fingerprint density at radius 1 is 1.73 bits per heavy atom. The van der Waals surface area contributed by atoms with Gasteiger partial charge in [-0.25, -0.2) is 0 Å². The van der Waals surface area contributed by atoms with Crippen LogP contribution in [-0.4, -0.2) is 11.4 Å². The molecule has 0 amide bonds. The van der Waals surface area contributed by atoms with Crippen molar-refractivity contribution in [2.75, 3.05) is 0 Å². The van der Waals surface area contributed by atoms with Crippen LogP contribution >= 0.6 is 12.4 Å². The topological polar surface area (TPSA) is 45.7 Å². The molecule has 0 aromatic carbocycles. The number of hydrogen-bond donors (Lipinski definition) is 1. The van der Waals surface area contributed by atoms with Crippen molar-refractivity contribution in [3.63, 3.8) is 0 Å². The van der Waals surface area contributed by atoms with Gasteiger partial charge in [-0.15, -0.1) is 18.8 Å². The first kappa shape index (κ1) is 9.60. The predicted molar refractivity (Wildman–Crippen MR) is 43.3 cm³/mol. The van der Waals surface area contributed by atoms with Crippen LogP contribution in [0.4, 0.5) is 0 Å². The maximum absolute atomic E-state index is 8.10. The summed E-state index contributed by atoms with van der Waals surface area (Å²) in [7, 11) is 0. The minimum atomic E-state index is 0. The molecule has 0 radical (unpaired) electrons. The van der Waals surface area contributed by atoms with Crippen molar-refractivity contribution in [1.29, 1.82) is 0 Å². The first-order valence-electron chi connectivity index (χ1n) is 2.60. The first-order valence-corrected chi connectivity index (χ1v) is 2.60. The highest BCUT2D eigenvalue weighted by Gasteiger charge is 1.98. The fourth-order valence-corrected chi connectivity index (χ4v) is 0.593. The fourth-order valence-electron chi connectivity index (χ4n) is 0.593. The Labute approximate surface area is 70.1 Å². The second-order valence-corrected chi connectivity index (χ2v) is 1.59. The molecule has 1 heterocycles. The van der Waals surface area contributed by atoms with Crippen molar-refractivity contribution in [1.82, 2.24) is 0 Å². The highest BCUT2D eigenvalue weighted by molar-refractivity contribution is 5.85. The van der Waals surface area contributed by atoms with E-state index in [1.807, 2.05) is 0 Å². The summed E-state index contributed by atoms with van der Waals surface area (Å²) in [6, 6.07) is 1.62. The van der Waals surface area contributed by atoms with E-state index >= 15 is 0 Å². The number of halogens is 1. The molecule has 0 unspecified atom stereocenters. The average Bonchev–Trinajstić information content (AvgIpc) is 2.36. The van der Waals surface area contributed by atoms with Gasteiger partial charge in [0.2, 0.25) is 0 Å². The Morgan fingerprint density at radius 3 is 3.00 bits per heavy atom. The molecular weight excluding hydrogens is 166 g/mol. The third kappa shape index (κ3) is 2.03. The average molecular weight is 172 g/mol. The molecule has 0 saturated carbocycles. The Bertz CT molecular complexity index is 285. The minimum Gasteiger partial charge on any atom is -0.462 e. The van der Waals surface area contributed by atoms with E-state index < -0.39 is 0 Å². The summed E-state index contributed by atoms with van der Waals surface area (Å²) in [5, 5.41) is 10.9. The molecule has 1 aromatic heterocycles. The number of rotatable bonds is 1. The van der Waals surface area contributed by atoms with Gasteiger partial charge >= 0.3 is 0 Å². The highest BCUT2D eigenvalue weighted by atomic mass is 35.5. The third-order valence-electron chi connectivity index (χ3n) is 1.03. The van der Waals surface area contributed by atoms with E-state index in [9.17, 15) is 0 Å². The van der Waals surface area contributed by atoms with Crippen LogP contribution in [0.5, 0.6) is 0 Å². The van der Waals surface area contributed by atoms with Crippen LogP contribution in [0.25, 0.3) is 0 Å². The summed E-state index contributed by atoms with van der Waals surface area (Å²) in [5.41, 5.74) is 0.581. The van der Waals surface area contributed by atoms with Crippen molar-refractivity contribution >= 4 is 18.6 Å². The van der Waals surface area contributed by atoms with Crippen molar-refractivity contribution in [3.05, 3.63) is 23.7 Å². The van der Waals surface area contributed by atoms with Crippen LogP contribution in [0.1, 0.15) is 11.3 Å². The maximum Gasteiger partial charge on any atom is 0.163 e. The van der Waals surface area contributed by atoms with Crippen LogP contribution < -0.4 is 0 Å². The molecule has 0 saturated heterocycles. The summed E-state index contributed by atoms with van der Waals surface area (Å²) in [4.78, 5) is 0. The van der Waals surface area contributed by atoms with E-state index in [1.165, 1.54) is 6.26 Å². The molecule has 0 aliphatic rings. The lowest BCUT2D eigenvalue weighted by Crippen LogP contribution is -1.79. The minimum absolute atomic E-state index is 0. The van der Waals surface area contributed by atoms with Crippen molar-refractivity contribution in [2.45, 2.75) is 0 Å². The molecule has 0 fully saturated rings. The second kappa shape index (κ2) is 4.42. The molecule has 0 aliphatic heterocycles. The zero-order valence-corrected chi connectivity index (χ0v) is 6.34. The molecule has 58 valence electrons. The fraction of sp³-hybridized carbons (Fsp3) is 0. The summed E-state index contributed by atoms with van der Waals surface area (Å²) >= 11 is 0. The molecule has 0 atom stereocenters. The van der Waals surface area contributed by atoms with Crippen LogP contribution in [-0.2, 0) is 0 Å². The summed E-state index contributed by atoms with van der Waals surface area (Å²) in [6.07, 6.45) is 7.66. The summed E-state index contributed by atoms with van der Waals surface area (Å²) < 4.78 is 4.84. The molecule has 0 bridgehead atoms. The lowest BCUT2D eigenvalue weighted by Gasteiger charge is -1.81. The van der Waals surface area contributed by atoms with Gasteiger partial charge in [0.1, 0.15) is 6.21 Å². The monoisotopic (exact) mass is 171 g/mol. The van der Waals surface area contributed by atoms with Gasteiger partial charge < -0.3 is 9.62 Å². The Hall–Kier alpha value is -1.40. The van der Waals surface area contributed by atoms with E-state index in [4.69, 9.17) is 16.0 Å². The van der Waals surface area contributed by atoms with Gasteiger partial charge in [0.15, 0.2) is 5.76 Å². The zero-order chi connectivity index (χ0) is 7.40. The lowest BCUT2D eigenvalue weighted by molar-refractivity contribution is 0.320. The number of furan rings is 1. The molecule has 1 aromatic rings. The smallest absolute Gasteiger partial charge is 0.163 e. The predicted octanol–water partition coefficient (Wildman–Crippen LogP) is 1.49. The molecule has 3 nitrogen and oxygen atoms in total. The van der Waals surface area contributed by atoms with E-state index in [2.05, 4.69) is 11.1 Å². The normalized spacial score (nSPS) is 9.00. The Balaban J connectivity index is 0.000001000. The highest BCUT2D eigenvalue weighted by Crippen LogP contribution is 2.04. The van der Waals surface area contributed by atoms with Gasteiger partial charge in [-0.2, -0.15) is 0 Å². The van der Waals surface area contributed by atoms with Crippen LogP contribution in [0, 0.1) is 12.3 Å². The number of oxime groups is 1. The molecule has 11 heavy (non-hydrogen) atoms. The lowest BCUT2D eigenvalue weighted by atomic mass is 10.3. The Morgan fingerprint density at radius 2 is 2.45 bits per heavy atom. The van der Waals surface area contributed by atoms with Gasteiger partial charge in [0.05, 0.1) is 11.8 Å². The third-order valence-corrected chi connectivity index (χ3v) is 1.03. The molecule has 1 N–H and O–H groups in total. The van der Waals surface area contributed by atoms with Crippen LogP contribution in [0.15, 0.2) is 21.9 Å². The number of terminal acetylenes is 1. The van der Waals surface area contributed by atoms with Gasteiger partial charge in [-0.05, 0) is 6.07 Å². The van der Waals surface area contributed by atoms with E-state index in [1.54, 1.807) is 6.07 Å². The van der Waals surface area contributed by atoms with Gasteiger partial charge in [-0.3, -0.25) is 0 Å².